The van der Waals surface area contributed by atoms with Crippen LogP contribution in [0.4, 0.5) is 17.1 Å². The van der Waals surface area contributed by atoms with Crippen LogP contribution in [0, 0.1) is 0 Å². The van der Waals surface area contributed by atoms with Crippen LogP contribution < -0.4 is 4.90 Å². The van der Waals surface area contributed by atoms with Crippen LogP contribution in [-0.4, -0.2) is 0 Å². The first kappa shape index (κ1) is 29.6. The van der Waals surface area contributed by atoms with Crippen molar-refractivity contribution in [2.24, 2.45) is 0 Å². The molecule has 4 aromatic heterocycles. The van der Waals surface area contributed by atoms with Crippen molar-refractivity contribution in [1.29, 1.82) is 0 Å². The molecule has 12 aromatic rings. The van der Waals surface area contributed by atoms with Crippen molar-refractivity contribution in [3.63, 3.8) is 0 Å². The third kappa shape index (κ3) is 4.30. The molecule has 12 rings (SSSR count). The van der Waals surface area contributed by atoms with Crippen LogP contribution in [0.15, 0.2) is 168 Å². The molecule has 0 unspecified atom stereocenters. The summed E-state index contributed by atoms with van der Waals surface area (Å²) in [5.41, 5.74) is 7.56. The smallest absolute Gasteiger partial charge is 0.143 e. The van der Waals surface area contributed by atoms with E-state index < -0.39 is 0 Å². The predicted octanol–water partition coefficient (Wildman–Crippen LogP) is 15.8. The Morgan fingerprint density at radius 2 is 0.981 bits per heavy atom. The molecule has 53 heavy (non-hydrogen) atoms. The lowest BCUT2D eigenvalue weighted by Gasteiger charge is -2.27. The molecule has 2 nitrogen and oxygen atoms in total. The third-order valence-corrected chi connectivity index (χ3v) is 14.3. The largest absolute Gasteiger partial charge is 0.455 e. The number of hydrogen-bond acceptors (Lipinski definition) is 5. The second-order valence-corrected chi connectivity index (χ2v) is 16.7. The Hall–Kier alpha value is -5.98. The number of fused-ring (bicyclic) bond motifs is 13. The molecule has 0 radical (unpaired) electrons. The molecule has 0 amide bonds. The number of benzene rings is 8. The third-order valence-electron chi connectivity index (χ3n) is 10.7. The van der Waals surface area contributed by atoms with E-state index in [-0.39, 0.29) is 0 Å². The number of nitrogens with zero attached hydrogens (tertiary/aromatic N) is 1. The van der Waals surface area contributed by atoms with E-state index in [4.69, 9.17) is 4.42 Å². The van der Waals surface area contributed by atoms with Crippen molar-refractivity contribution in [3.8, 4) is 11.1 Å². The van der Waals surface area contributed by atoms with E-state index in [2.05, 4.69) is 163 Å². The lowest BCUT2D eigenvalue weighted by Crippen LogP contribution is -2.10. The molecule has 0 aliphatic carbocycles. The Labute approximate surface area is 316 Å². The molecule has 0 fully saturated rings. The molecule has 0 spiro atoms. The first-order valence-electron chi connectivity index (χ1n) is 17.7. The van der Waals surface area contributed by atoms with E-state index in [0.717, 1.165) is 38.8 Å². The monoisotopic (exact) mass is 729 g/mol. The Kier molecular flexibility index (Phi) is 6.28. The fourth-order valence-corrected chi connectivity index (χ4v) is 12.1. The van der Waals surface area contributed by atoms with Crippen LogP contribution in [0.2, 0.25) is 0 Å². The van der Waals surface area contributed by atoms with Gasteiger partial charge in [-0.25, -0.2) is 0 Å². The Morgan fingerprint density at radius 1 is 0.377 bits per heavy atom. The quantitative estimate of drug-likeness (QED) is 0.179. The van der Waals surface area contributed by atoms with Crippen molar-refractivity contribution in [1.82, 2.24) is 0 Å². The zero-order valence-corrected chi connectivity index (χ0v) is 30.6. The minimum atomic E-state index is 0.915. The number of furan rings is 1. The normalized spacial score (nSPS) is 12.2. The number of rotatable bonds is 4. The van der Waals surface area contributed by atoms with Gasteiger partial charge in [0, 0.05) is 73.1 Å². The van der Waals surface area contributed by atoms with Gasteiger partial charge in [-0.15, -0.1) is 34.0 Å². The van der Waals surface area contributed by atoms with Gasteiger partial charge in [0.05, 0.1) is 20.8 Å². The van der Waals surface area contributed by atoms with E-state index in [0.29, 0.717) is 0 Å². The van der Waals surface area contributed by atoms with Gasteiger partial charge in [-0.2, -0.15) is 0 Å². The van der Waals surface area contributed by atoms with E-state index in [9.17, 15) is 0 Å². The molecule has 0 saturated heterocycles. The number of hydrogen-bond donors (Lipinski definition) is 0. The molecule has 0 aliphatic heterocycles. The molecule has 8 aromatic carbocycles. The molecular formula is C48H27NOS3. The van der Waals surface area contributed by atoms with Crippen LogP contribution in [0.3, 0.4) is 0 Å². The second kappa shape index (κ2) is 11.3. The van der Waals surface area contributed by atoms with Gasteiger partial charge in [-0.1, -0.05) is 115 Å². The highest BCUT2D eigenvalue weighted by Gasteiger charge is 2.23. The highest BCUT2D eigenvalue weighted by molar-refractivity contribution is 7.30. The number of thiophene rings is 3. The molecule has 248 valence electrons. The topological polar surface area (TPSA) is 16.4 Å². The number of anilines is 3. The van der Waals surface area contributed by atoms with Gasteiger partial charge in [-0.3, -0.25) is 0 Å². The fourth-order valence-electron chi connectivity index (χ4n) is 8.31. The maximum absolute atomic E-state index is 6.45. The van der Waals surface area contributed by atoms with Crippen LogP contribution in [-0.2, 0) is 0 Å². The molecular weight excluding hydrogens is 703 g/mol. The first-order chi connectivity index (χ1) is 26.3. The Morgan fingerprint density at radius 3 is 1.79 bits per heavy atom. The van der Waals surface area contributed by atoms with E-state index in [1.807, 2.05) is 40.1 Å². The van der Waals surface area contributed by atoms with Gasteiger partial charge in [0.2, 0.25) is 0 Å². The standard InChI is InChI=1S/C48H27NOS3/c1-4-19-40-31(10-1)33-14-7-13-30(45(33)50-40)28-22-24-29(25-23-28)49(38-17-8-15-34-32-11-2-5-20-41(32)52-46(34)38)39-18-9-16-35-36-26-27-43-44(48(36)53-47(35)39)37-12-3-6-21-42(37)51-43/h1-27H. The summed E-state index contributed by atoms with van der Waals surface area (Å²) in [6.07, 6.45) is 0. The average Bonchev–Trinajstić information content (AvgIpc) is 3.98. The summed E-state index contributed by atoms with van der Waals surface area (Å²) in [6.45, 7) is 0. The zero-order valence-electron chi connectivity index (χ0n) is 28.2. The molecule has 0 N–H and O–H groups in total. The fraction of sp³-hybridized carbons (Fsp3) is 0. The van der Waals surface area contributed by atoms with Crippen molar-refractivity contribution in [2.45, 2.75) is 0 Å². The van der Waals surface area contributed by atoms with Gasteiger partial charge in [0.25, 0.3) is 0 Å². The summed E-state index contributed by atoms with van der Waals surface area (Å²) in [5, 5.41) is 10.2. The molecule has 0 saturated carbocycles. The van der Waals surface area contributed by atoms with Crippen molar-refractivity contribution in [3.05, 3.63) is 164 Å². The zero-order chi connectivity index (χ0) is 34.6. The maximum Gasteiger partial charge on any atom is 0.143 e. The van der Waals surface area contributed by atoms with Crippen molar-refractivity contribution in [2.75, 3.05) is 4.90 Å². The van der Waals surface area contributed by atoms with Crippen LogP contribution in [0.25, 0.3) is 93.6 Å². The van der Waals surface area contributed by atoms with Gasteiger partial charge in [0.1, 0.15) is 11.2 Å². The minimum Gasteiger partial charge on any atom is -0.455 e. The van der Waals surface area contributed by atoms with Crippen molar-refractivity contribution >= 4 is 134 Å². The van der Waals surface area contributed by atoms with Crippen molar-refractivity contribution < 1.29 is 4.42 Å². The second-order valence-electron chi connectivity index (χ2n) is 13.6. The molecule has 0 aliphatic rings. The predicted molar refractivity (Wildman–Crippen MR) is 233 cm³/mol. The van der Waals surface area contributed by atoms with Gasteiger partial charge in [0.15, 0.2) is 0 Å². The first-order valence-corrected chi connectivity index (χ1v) is 20.2. The van der Waals surface area contributed by atoms with Crippen LogP contribution >= 0.6 is 34.0 Å². The minimum absolute atomic E-state index is 0.915. The van der Waals surface area contributed by atoms with E-state index in [1.54, 1.807) is 0 Å². The van der Waals surface area contributed by atoms with E-state index >= 15 is 0 Å². The highest BCUT2D eigenvalue weighted by atomic mass is 32.1. The Bertz CT molecular complexity index is 3420. The highest BCUT2D eigenvalue weighted by Crippen LogP contribution is 2.51. The molecule has 5 heteroatoms. The van der Waals surface area contributed by atoms with Crippen LogP contribution in [0.5, 0.6) is 0 Å². The lowest BCUT2D eigenvalue weighted by molar-refractivity contribution is 0.670. The molecule has 0 bridgehead atoms. The maximum atomic E-state index is 6.45. The molecule has 0 atom stereocenters. The summed E-state index contributed by atoms with van der Waals surface area (Å²) < 4.78 is 14.4. The lowest BCUT2D eigenvalue weighted by atomic mass is 10.0. The van der Waals surface area contributed by atoms with Gasteiger partial charge >= 0.3 is 0 Å². The summed E-state index contributed by atoms with van der Waals surface area (Å²) in [5.74, 6) is 0. The summed E-state index contributed by atoms with van der Waals surface area (Å²) in [7, 11) is 0. The Balaban J connectivity index is 1.11. The number of para-hydroxylation sites is 2. The summed E-state index contributed by atoms with van der Waals surface area (Å²) >= 11 is 5.69. The van der Waals surface area contributed by atoms with Gasteiger partial charge in [-0.05, 0) is 54.1 Å². The average molecular weight is 730 g/mol. The summed E-state index contributed by atoms with van der Waals surface area (Å²) in [6, 6.07) is 59.7. The summed E-state index contributed by atoms with van der Waals surface area (Å²) in [4.78, 5) is 2.49. The SMILES string of the molecule is c1ccc2c(c1)oc1c(-c3ccc(N(c4cccc5c4sc4ccccc45)c4cccc5c4sc4c5ccc5sc6ccccc6c54)cc3)cccc12. The van der Waals surface area contributed by atoms with Gasteiger partial charge < -0.3 is 9.32 Å². The van der Waals surface area contributed by atoms with Crippen LogP contribution in [0.1, 0.15) is 0 Å². The molecule has 4 heterocycles. The van der Waals surface area contributed by atoms with E-state index in [1.165, 1.54) is 71.9 Å².